The quantitative estimate of drug-likeness (QED) is 0.713. The summed E-state index contributed by atoms with van der Waals surface area (Å²) in [4.78, 5) is 1.55. The van der Waals surface area contributed by atoms with Crippen LogP contribution < -0.4 is 0 Å². The first-order chi connectivity index (χ1) is 8.60. The molecule has 0 bridgehead atoms. The van der Waals surface area contributed by atoms with E-state index in [0.29, 0.717) is 20.6 Å². The average molecular weight is 315 g/mol. The average Bonchev–Trinajstić information content (AvgIpc) is 2.34. The topological polar surface area (TPSA) is 23.8 Å². The number of rotatable bonds is 2. The van der Waals surface area contributed by atoms with E-state index in [1.54, 1.807) is 36.4 Å². The molecule has 18 heavy (non-hydrogen) atoms. The van der Waals surface area contributed by atoms with Gasteiger partial charge in [-0.05, 0) is 36.4 Å². The molecule has 0 saturated carbocycles. The molecule has 5 heteroatoms. The highest BCUT2D eigenvalue weighted by Crippen LogP contribution is 2.37. The second-order valence-electron chi connectivity index (χ2n) is 3.43. The van der Waals surface area contributed by atoms with Crippen molar-refractivity contribution < 1.29 is 0 Å². The summed E-state index contributed by atoms with van der Waals surface area (Å²) < 4.78 is 0. The maximum atomic E-state index is 9.05. The molecule has 0 aliphatic rings. The fourth-order valence-electron chi connectivity index (χ4n) is 1.35. The van der Waals surface area contributed by atoms with Crippen molar-refractivity contribution in [3.63, 3.8) is 0 Å². The molecule has 0 N–H and O–H groups in total. The highest BCUT2D eigenvalue weighted by Gasteiger charge is 2.08. The number of halogens is 3. The fourth-order valence-corrected chi connectivity index (χ4v) is 3.05. The summed E-state index contributed by atoms with van der Waals surface area (Å²) in [6.07, 6.45) is 0. The van der Waals surface area contributed by atoms with Gasteiger partial charge in [0, 0.05) is 19.8 Å². The van der Waals surface area contributed by atoms with Gasteiger partial charge in [-0.15, -0.1) is 0 Å². The Morgan fingerprint density at radius 3 is 2.17 bits per heavy atom. The van der Waals surface area contributed by atoms with Crippen molar-refractivity contribution in [2.45, 2.75) is 9.79 Å². The van der Waals surface area contributed by atoms with Gasteiger partial charge in [0.2, 0.25) is 0 Å². The zero-order valence-electron chi connectivity index (χ0n) is 8.95. The van der Waals surface area contributed by atoms with Crippen LogP contribution in [0.25, 0.3) is 0 Å². The van der Waals surface area contributed by atoms with Crippen LogP contribution in [0.5, 0.6) is 0 Å². The maximum absolute atomic E-state index is 9.05. The fraction of sp³-hybridized carbons (Fsp3) is 0. The minimum Gasteiger partial charge on any atom is -0.192 e. The molecule has 0 spiro atoms. The minimum atomic E-state index is 0.556. The summed E-state index contributed by atoms with van der Waals surface area (Å²) in [6, 6.07) is 12.4. The van der Waals surface area contributed by atoms with Gasteiger partial charge in [-0.3, -0.25) is 0 Å². The second-order valence-corrected chi connectivity index (χ2v) is 5.79. The van der Waals surface area contributed by atoms with Gasteiger partial charge in [0.1, 0.15) is 6.07 Å². The number of nitrogens with zero attached hydrogens (tertiary/aromatic N) is 1. The molecule has 0 radical (unpaired) electrons. The number of nitriles is 1. The monoisotopic (exact) mass is 313 g/mol. The molecule has 0 saturated heterocycles. The minimum absolute atomic E-state index is 0.556. The van der Waals surface area contributed by atoms with Gasteiger partial charge >= 0.3 is 0 Å². The summed E-state index contributed by atoms with van der Waals surface area (Å²) in [5.41, 5.74) is 0.556. The van der Waals surface area contributed by atoms with E-state index in [9.17, 15) is 0 Å². The molecule has 1 nitrogen and oxygen atoms in total. The Morgan fingerprint density at radius 1 is 0.889 bits per heavy atom. The SMILES string of the molecule is N#Cc1ccc(Cl)cc1Sc1cc(Cl)ccc1Cl. The van der Waals surface area contributed by atoms with E-state index < -0.39 is 0 Å². The molecule has 2 rings (SSSR count). The highest BCUT2D eigenvalue weighted by molar-refractivity contribution is 7.99. The van der Waals surface area contributed by atoms with Gasteiger partial charge in [0.05, 0.1) is 10.6 Å². The van der Waals surface area contributed by atoms with E-state index in [-0.39, 0.29) is 0 Å². The Bertz CT molecular complexity index is 635. The summed E-state index contributed by atoms with van der Waals surface area (Å²) in [5.74, 6) is 0. The molecule has 0 atom stereocenters. The van der Waals surface area contributed by atoms with Crippen molar-refractivity contribution in [1.29, 1.82) is 5.26 Å². The molecule has 0 aliphatic heterocycles. The smallest absolute Gasteiger partial charge is 0.100 e. The summed E-state index contributed by atoms with van der Waals surface area (Å²) in [5, 5.41) is 10.8. The molecule has 0 fully saturated rings. The van der Waals surface area contributed by atoms with Crippen molar-refractivity contribution >= 4 is 46.6 Å². The Labute approximate surface area is 124 Å². The normalized spacial score (nSPS) is 10.1. The molecule has 90 valence electrons. The third-order valence-electron chi connectivity index (χ3n) is 2.18. The third kappa shape index (κ3) is 3.13. The van der Waals surface area contributed by atoms with Crippen LogP contribution in [0.4, 0.5) is 0 Å². The lowest BCUT2D eigenvalue weighted by atomic mass is 10.2. The van der Waals surface area contributed by atoms with Gasteiger partial charge < -0.3 is 0 Å². The number of hydrogen-bond acceptors (Lipinski definition) is 2. The number of benzene rings is 2. The van der Waals surface area contributed by atoms with Gasteiger partial charge in [-0.1, -0.05) is 46.6 Å². The van der Waals surface area contributed by atoms with Crippen molar-refractivity contribution in [2.75, 3.05) is 0 Å². The third-order valence-corrected chi connectivity index (χ3v) is 4.20. The summed E-state index contributed by atoms with van der Waals surface area (Å²) in [7, 11) is 0. The first-order valence-electron chi connectivity index (χ1n) is 4.92. The van der Waals surface area contributed by atoms with Gasteiger partial charge in [0.25, 0.3) is 0 Å². The summed E-state index contributed by atoms with van der Waals surface area (Å²) >= 11 is 19.3. The van der Waals surface area contributed by atoms with Crippen LogP contribution in [0, 0.1) is 11.3 Å². The molecular formula is C13H6Cl3NS. The first-order valence-corrected chi connectivity index (χ1v) is 6.88. The lowest BCUT2D eigenvalue weighted by Crippen LogP contribution is -1.82. The van der Waals surface area contributed by atoms with Gasteiger partial charge in [-0.25, -0.2) is 0 Å². The second kappa shape index (κ2) is 5.86. The molecular weight excluding hydrogens is 309 g/mol. The molecule has 0 unspecified atom stereocenters. The molecule has 0 aromatic heterocycles. The van der Waals surface area contributed by atoms with E-state index in [0.717, 1.165) is 9.79 Å². The van der Waals surface area contributed by atoms with Crippen LogP contribution in [-0.2, 0) is 0 Å². The predicted molar refractivity (Wildman–Crippen MR) is 76.8 cm³/mol. The van der Waals surface area contributed by atoms with E-state index >= 15 is 0 Å². The highest BCUT2D eigenvalue weighted by atomic mass is 35.5. The van der Waals surface area contributed by atoms with E-state index in [4.69, 9.17) is 40.1 Å². The van der Waals surface area contributed by atoms with E-state index in [2.05, 4.69) is 6.07 Å². The zero-order chi connectivity index (χ0) is 13.1. The standard InChI is InChI=1S/C13H6Cl3NS/c14-9-2-1-8(7-17)12(5-9)18-13-6-10(15)3-4-11(13)16/h1-6H. The Balaban J connectivity index is 2.43. The molecule has 0 aliphatic carbocycles. The van der Waals surface area contributed by atoms with Crippen LogP contribution in [-0.4, -0.2) is 0 Å². The molecule has 0 heterocycles. The van der Waals surface area contributed by atoms with Gasteiger partial charge in [0.15, 0.2) is 0 Å². The zero-order valence-corrected chi connectivity index (χ0v) is 12.0. The van der Waals surface area contributed by atoms with Crippen LogP contribution in [0.3, 0.4) is 0 Å². The molecule has 2 aromatic carbocycles. The lowest BCUT2D eigenvalue weighted by molar-refractivity contribution is 1.35. The summed E-state index contributed by atoms with van der Waals surface area (Å²) in [6.45, 7) is 0. The van der Waals surface area contributed by atoms with E-state index in [1.807, 2.05) is 0 Å². The van der Waals surface area contributed by atoms with Crippen LogP contribution in [0.1, 0.15) is 5.56 Å². The van der Waals surface area contributed by atoms with Gasteiger partial charge in [-0.2, -0.15) is 5.26 Å². The van der Waals surface area contributed by atoms with Crippen molar-refractivity contribution in [3.05, 3.63) is 57.0 Å². The van der Waals surface area contributed by atoms with Crippen LogP contribution in [0.15, 0.2) is 46.2 Å². The Kier molecular flexibility index (Phi) is 4.42. The lowest BCUT2D eigenvalue weighted by Gasteiger charge is -2.06. The van der Waals surface area contributed by atoms with Crippen molar-refractivity contribution in [2.24, 2.45) is 0 Å². The predicted octanol–water partition coefficient (Wildman–Crippen LogP) is 5.67. The molecule has 0 amide bonds. The maximum Gasteiger partial charge on any atom is 0.100 e. The Morgan fingerprint density at radius 2 is 1.50 bits per heavy atom. The largest absolute Gasteiger partial charge is 0.192 e. The van der Waals surface area contributed by atoms with E-state index in [1.165, 1.54) is 11.8 Å². The Hall–Kier alpha value is -0.850. The molecule has 2 aromatic rings. The number of hydrogen-bond donors (Lipinski definition) is 0. The first kappa shape index (κ1) is 13.6. The van der Waals surface area contributed by atoms with Crippen LogP contribution >= 0.6 is 46.6 Å². The van der Waals surface area contributed by atoms with Crippen molar-refractivity contribution in [3.8, 4) is 6.07 Å². The van der Waals surface area contributed by atoms with Crippen molar-refractivity contribution in [1.82, 2.24) is 0 Å². The van der Waals surface area contributed by atoms with Crippen LogP contribution in [0.2, 0.25) is 15.1 Å².